The van der Waals surface area contributed by atoms with Gasteiger partial charge < -0.3 is 15.2 Å². The van der Waals surface area contributed by atoms with Gasteiger partial charge in [0.05, 0.1) is 6.33 Å². The summed E-state index contributed by atoms with van der Waals surface area (Å²) in [5.74, 6) is -0.0273. The Balaban J connectivity index is 0.00000131. The van der Waals surface area contributed by atoms with E-state index in [2.05, 4.69) is 20.7 Å². The van der Waals surface area contributed by atoms with Crippen LogP contribution in [0.1, 0.15) is 12.8 Å². The third-order valence-electron chi connectivity index (χ3n) is 4.70. The van der Waals surface area contributed by atoms with Crippen LogP contribution in [0.15, 0.2) is 61.4 Å². The molecule has 7 nitrogen and oxygen atoms in total. The summed E-state index contributed by atoms with van der Waals surface area (Å²) in [4.78, 5) is 17.2. The number of hydrogen-bond acceptors (Lipinski definition) is 4. The second-order valence-electron chi connectivity index (χ2n) is 6.21. The largest absolute Gasteiger partial charge is 0.324 e. The molecule has 0 unspecified atom stereocenters. The molecule has 4 rings (SSSR count). The number of carbonyl (C=O) groups excluding carboxylic acids is 1. The topological polar surface area (TPSA) is 76.8 Å². The number of anilines is 1. The summed E-state index contributed by atoms with van der Waals surface area (Å²) in [5, 5.41) is 10.7. The second-order valence-corrected chi connectivity index (χ2v) is 6.21. The number of halogens is 2. The van der Waals surface area contributed by atoms with Crippen LogP contribution in [0, 0.1) is 0 Å². The second kappa shape index (κ2) is 9.03. The van der Waals surface area contributed by atoms with Gasteiger partial charge in [0.25, 0.3) is 5.91 Å². The maximum Gasteiger partial charge on any atom is 0.252 e. The SMILES string of the molecule is Cl.Cl.O=C(Nc1cccc(-n2ccnc2)c1)C1(n2cccn2)CCNCC1. The molecule has 27 heavy (non-hydrogen) atoms. The maximum atomic E-state index is 13.2. The van der Waals surface area contributed by atoms with Crippen molar-refractivity contribution in [2.75, 3.05) is 18.4 Å². The number of hydrogen-bond donors (Lipinski definition) is 2. The van der Waals surface area contributed by atoms with Crippen LogP contribution in [-0.2, 0) is 10.3 Å². The molecule has 144 valence electrons. The highest BCUT2D eigenvalue weighted by Crippen LogP contribution is 2.29. The molecule has 1 saturated heterocycles. The zero-order valence-electron chi connectivity index (χ0n) is 14.6. The number of amides is 1. The van der Waals surface area contributed by atoms with Crippen molar-refractivity contribution in [2.45, 2.75) is 18.4 Å². The van der Waals surface area contributed by atoms with Gasteiger partial charge in [-0.05, 0) is 50.2 Å². The molecule has 1 aliphatic heterocycles. The average molecular weight is 409 g/mol. The fourth-order valence-electron chi connectivity index (χ4n) is 3.33. The molecule has 0 atom stereocenters. The van der Waals surface area contributed by atoms with E-state index in [0.717, 1.165) is 24.5 Å². The van der Waals surface area contributed by atoms with E-state index < -0.39 is 5.54 Å². The summed E-state index contributed by atoms with van der Waals surface area (Å²) in [6, 6.07) is 9.60. The third kappa shape index (κ3) is 4.16. The molecule has 1 amide bonds. The van der Waals surface area contributed by atoms with Crippen LogP contribution >= 0.6 is 24.8 Å². The zero-order valence-corrected chi connectivity index (χ0v) is 16.2. The molecule has 1 fully saturated rings. The molecule has 2 N–H and O–H groups in total. The van der Waals surface area contributed by atoms with Crippen molar-refractivity contribution in [3.05, 3.63) is 61.4 Å². The summed E-state index contributed by atoms with van der Waals surface area (Å²) in [5.41, 5.74) is 1.06. The lowest BCUT2D eigenvalue weighted by atomic mass is 9.87. The summed E-state index contributed by atoms with van der Waals surface area (Å²) in [7, 11) is 0. The lowest BCUT2D eigenvalue weighted by Gasteiger charge is -2.36. The van der Waals surface area contributed by atoms with Crippen LogP contribution in [0.3, 0.4) is 0 Å². The zero-order chi connectivity index (χ0) is 17.1. The predicted molar refractivity (Wildman–Crippen MR) is 109 cm³/mol. The first-order chi connectivity index (χ1) is 12.3. The predicted octanol–water partition coefficient (Wildman–Crippen LogP) is 2.63. The highest BCUT2D eigenvalue weighted by molar-refractivity contribution is 5.97. The normalized spacial score (nSPS) is 15.3. The Hall–Kier alpha value is -2.35. The molecule has 1 aromatic carbocycles. The highest BCUT2D eigenvalue weighted by Gasteiger charge is 2.42. The smallest absolute Gasteiger partial charge is 0.252 e. The molecule has 9 heteroatoms. The number of aromatic nitrogens is 4. The van der Waals surface area contributed by atoms with Gasteiger partial charge in [0.2, 0.25) is 0 Å². The first-order valence-electron chi connectivity index (χ1n) is 8.39. The summed E-state index contributed by atoms with van der Waals surface area (Å²) in [6.07, 6.45) is 10.3. The Morgan fingerprint density at radius 1 is 1.11 bits per heavy atom. The number of benzene rings is 1. The van der Waals surface area contributed by atoms with Gasteiger partial charge in [0.1, 0.15) is 5.54 Å². The molecular weight excluding hydrogens is 387 g/mol. The molecule has 0 spiro atoms. The van der Waals surface area contributed by atoms with Crippen molar-refractivity contribution in [1.82, 2.24) is 24.6 Å². The fraction of sp³-hybridized carbons (Fsp3) is 0.278. The quantitative estimate of drug-likeness (QED) is 0.695. The highest BCUT2D eigenvalue weighted by atomic mass is 35.5. The standard InChI is InChI=1S/C18H20N6O.2ClH/c25-17(18(5-8-19-9-6-18)24-11-2-7-21-24)22-15-3-1-4-16(13-15)23-12-10-20-14-23;;/h1-4,7,10-14,19H,5-6,8-9H2,(H,22,25);2*1H. The van der Waals surface area contributed by atoms with Crippen molar-refractivity contribution >= 4 is 36.4 Å². The van der Waals surface area contributed by atoms with E-state index in [1.54, 1.807) is 23.4 Å². The van der Waals surface area contributed by atoms with E-state index in [0.29, 0.717) is 12.8 Å². The number of piperidine rings is 1. The van der Waals surface area contributed by atoms with Gasteiger partial charge in [-0.15, -0.1) is 24.8 Å². The monoisotopic (exact) mass is 408 g/mol. The molecule has 3 aromatic rings. The minimum Gasteiger partial charge on any atom is -0.324 e. The molecule has 3 heterocycles. The molecular formula is C18H22Cl2N6O. The van der Waals surface area contributed by atoms with Gasteiger partial charge in [-0.1, -0.05) is 6.07 Å². The van der Waals surface area contributed by atoms with Crippen LogP contribution in [0.4, 0.5) is 5.69 Å². The molecule has 0 aliphatic carbocycles. The van der Waals surface area contributed by atoms with Gasteiger partial charge >= 0.3 is 0 Å². The third-order valence-corrected chi connectivity index (χ3v) is 4.70. The van der Waals surface area contributed by atoms with E-state index in [9.17, 15) is 4.79 Å². The van der Waals surface area contributed by atoms with E-state index in [4.69, 9.17) is 0 Å². The lowest BCUT2D eigenvalue weighted by Crippen LogP contribution is -2.52. The number of carbonyl (C=O) groups is 1. The van der Waals surface area contributed by atoms with Crippen LogP contribution in [0.5, 0.6) is 0 Å². The van der Waals surface area contributed by atoms with Gasteiger partial charge in [-0.2, -0.15) is 5.10 Å². The van der Waals surface area contributed by atoms with Gasteiger partial charge in [-0.3, -0.25) is 9.48 Å². The Labute approximate surface area is 170 Å². The Morgan fingerprint density at radius 3 is 2.59 bits per heavy atom. The fourth-order valence-corrected chi connectivity index (χ4v) is 3.33. The maximum absolute atomic E-state index is 13.2. The molecule has 0 saturated carbocycles. The number of rotatable bonds is 4. The Morgan fingerprint density at radius 2 is 1.93 bits per heavy atom. The summed E-state index contributed by atoms with van der Waals surface area (Å²) < 4.78 is 3.70. The van der Waals surface area contributed by atoms with Crippen LogP contribution < -0.4 is 10.6 Å². The van der Waals surface area contributed by atoms with Gasteiger partial charge in [0.15, 0.2) is 0 Å². The van der Waals surface area contributed by atoms with Crippen molar-refractivity contribution in [2.24, 2.45) is 0 Å². The van der Waals surface area contributed by atoms with Crippen molar-refractivity contribution in [1.29, 1.82) is 0 Å². The molecule has 0 radical (unpaired) electrons. The molecule has 2 aromatic heterocycles. The first-order valence-corrected chi connectivity index (χ1v) is 8.39. The van der Waals surface area contributed by atoms with Crippen LogP contribution in [0.25, 0.3) is 5.69 Å². The van der Waals surface area contributed by atoms with Crippen molar-refractivity contribution in [3.8, 4) is 5.69 Å². The Kier molecular flexibility index (Phi) is 7.01. The lowest BCUT2D eigenvalue weighted by molar-refractivity contribution is -0.126. The Bertz CT molecular complexity index is 845. The van der Waals surface area contributed by atoms with E-state index in [1.165, 1.54) is 0 Å². The van der Waals surface area contributed by atoms with Crippen molar-refractivity contribution in [3.63, 3.8) is 0 Å². The minimum absolute atomic E-state index is 0. The van der Waals surface area contributed by atoms with Gasteiger partial charge in [0, 0.05) is 36.2 Å². The number of imidazole rings is 1. The average Bonchev–Trinajstić information content (AvgIpc) is 3.36. The molecule has 0 bridgehead atoms. The molecule has 1 aliphatic rings. The number of nitrogens with one attached hydrogen (secondary N) is 2. The summed E-state index contributed by atoms with van der Waals surface area (Å²) in [6.45, 7) is 1.59. The van der Waals surface area contributed by atoms with Crippen LogP contribution in [-0.4, -0.2) is 38.3 Å². The summed E-state index contributed by atoms with van der Waals surface area (Å²) >= 11 is 0. The minimum atomic E-state index is -0.653. The van der Waals surface area contributed by atoms with Crippen molar-refractivity contribution < 1.29 is 4.79 Å². The van der Waals surface area contributed by atoms with Gasteiger partial charge in [-0.25, -0.2) is 4.98 Å². The van der Waals surface area contributed by atoms with E-state index in [-0.39, 0.29) is 30.7 Å². The first kappa shape index (κ1) is 21.0. The van der Waals surface area contributed by atoms with E-state index >= 15 is 0 Å². The number of nitrogens with zero attached hydrogens (tertiary/aromatic N) is 4. The van der Waals surface area contributed by atoms with Crippen LogP contribution in [0.2, 0.25) is 0 Å². The van der Waals surface area contributed by atoms with E-state index in [1.807, 2.05) is 47.3 Å².